The van der Waals surface area contributed by atoms with Crippen LogP contribution in [0.1, 0.15) is 43.0 Å². The number of nitrogens with zero attached hydrogens (tertiary/aromatic N) is 3. The lowest BCUT2D eigenvalue weighted by atomic mass is 10.1. The van der Waals surface area contributed by atoms with Gasteiger partial charge in [0.05, 0.1) is 30.2 Å². The third kappa shape index (κ3) is 7.00. The van der Waals surface area contributed by atoms with Crippen molar-refractivity contribution in [3.05, 3.63) is 102 Å². The van der Waals surface area contributed by atoms with Crippen molar-refractivity contribution in [1.29, 1.82) is 0 Å². The zero-order valence-corrected chi connectivity index (χ0v) is 22.3. The molecular weight excluding hydrogens is 481 g/mol. The molecule has 0 aliphatic carbocycles. The van der Waals surface area contributed by atoms with Crippen LogP contribution >= 0.6 is 0 Å². The maximum absolute atomic E-state index is 13.6. The minimum Gasteiger partial charge on any atom is -0.493 e. The number of aliphatic hydroxyl groups is 1. The zero-order chi connectivity index (χ0) is 26.9. The molecule has 0 saturated heterocycles. The summed E-state index contributed by atoms with van der Waals surface area (Å²) in [6.45, 7) is 5.60. The number of aliphatic hydroxyl groups excluding tert-OH is 1. The normalized spacial score (nSPS) is 12.1. The summed E-state index contributed by atoms with van der Waals surface area (Å²) in [6, 6.07) is 23.9. The molecule has 1 aromatic heterocycles. The summed E-state index contributed by atoms with van der Waals surface area (Å²) in [6.07, 6.45) is 2.23. The Bertz CT molecular complexity index is 1290. The van der Waals surface area contributed by atoms with Crippen LogP contribution in [0.15, 0.2) is 78.9 Å². The molecule has 0 spiro atoms. The van der Waals surface area contributed by atoms with E-state index in [0.29, 0.717) is 37.0 Å². The van der Waals surface area contributed by atoms with E-state index in [0.717, 1.165) is 41.8 Å². The van der Waals surface area contributed by atoms with Crippen molar-refractivity contribution in [2.45, 2.75) is 52.3 Å². The highest BCUT2D eigenvalue weighted by molar-refractivity contribution is 5.47. The van der Waals surface area contributed by atoms with Crippen LogP contribution < -0.4 is 9.47 Å². The number of aromatic nitrogens is 2. The number of halogens is 1. The van der Waals surface area contributed by atoms with Gasteiger partial charge in [-0.3, -0.25) is 4.90 Å². The first-order valence-corrected chi connectivity index (χ1v) is 13.1. The number of benzene rings is 3. The average molecular weight is 518 g/mol. The molecule has 7 heteroatoms. The lowest BCUT2D eigenvalue weighted by Crippen LogP contribution is -2.32. The van der Waals surface area contributed by atoms with Crippen molar-refractivity contribution < 1.29 is 19.0 Å². The monoisotopic (exact) mass is 517 g/mol. The topological polar surface area (TPSA) is 59.8 Å². The van der Waals surface area contributed by atoms with Crippen molar-refractivity contribution in [3.63, 3.8) is 0 Å². The fourth-order valence-corrected chi connectivity index (χ4v) is 4.46. The van der Waals surface area contributed by atoms with Crippen LogP contribution in [-0.4, -0.2) is 39.5 Å². The Morgan fingerprint density at radius 3 is 2.32 bits per heavy atom. The Morgan fingerprint density at radius 1 is 0.947 bits per heavy atom. The smallest absolute Gasteiger partial charge is 0.227 e. The van der Waals surface area contributed by atoms with Crippen molar-refractivity contribution in [3.8, 4) is 23.1 Å². The zero-order valence-electron chi connectivity index (χ0n) is 22.3. The minimum atomic E-state index is -0.474. The van der Waals surface area contributed by atoms with Gasteiger partial charge in [-0.05, 0) is 55.3 Å². The third-order valence-electron chi connectivity index (χ3n) is 6.47. The number of rotatable bonds is 13. The van der Waals surface area contributed by atoms with Crippen LogP contribution in [0.3, 0.4) is 0 Å². The second-order valence-electron chi connectivity index (χ2n) is 9.46. The van der Waals surface area contributed by atoms with Crippen LogP contribution in [0, 0.1) is 12.7 Å². The summed E-state index contributed by atoms with van der Waals surface area (Å²) in [7, 11) is 1.62. The van der Waals surface area contributed by atoms with E-state index in [4.69, 9.17) is 14.6 Å². The van der Waals surface area contributed by atoms with Gasteiger partial charge in [0, 0.05) is 19.6 Å². The molecule has 3 aromatic carbocycles. The summed E-state index contributed by atoms with van der Waals surface area (Å²) in [5.74, 6) is 1.53. The number of aryl methyl sites for hydroxylation is 1. The van der Waals surface area contributed by atoms with E-state index in [1.54, 1.807) is 23.9 Å². The molecule has 1 atom stereocenters. The van der Waals surface area contributed by atoms with Gasteiger partial charge >= 0.3 is 0 Å². The molecule has 0 saturated carbocycles. The molecule has 6 nitrogen and oxygen atoms in total. The van der Waals surface area contributed by atoms with Gasteiger partial charge < -0.3 is 14.6 Å². The van der Waals surface area contributed by atoms with E-state index >= 15 is 0 Å². The van der Waals surface area contributed by atoms with Crippen LogP contribution in [-0.2, 0) is 13.1 Å². The summed E-state index contributed by atoms with van der Waals surface area (Å²) in [4.78, 5) is 2.17. The second-order valence-corrected chi connectivity index (χ2v) is 9.46. The van der Waals surface area contributed by atoms with Crippen molar-refractivity contribution >= 4 is 0 Å². The Kier molecular flexibility index (Phi) is 9.51. The molecule has 0 fully saturated rings. The standard InChI is InChI=1S/C31H36FN3O3/c1-4-5-13-27(36)21-34(20-24-16-18-25(32)19-17-24)22-28-23(2)33-35(26-11-7-6-8-12-26)31(28)38-30-15-10-9-14-29(30)37-3/h6-12,14-19,27,36H,4-5,13,20-22H2,1-3H3/t27-/m1/s1. The highest BCUT2D eigenvalue weighted by Gasteiger charge is 2.23. The van der Waals surface area contributed by atoms with Gasteiger partial charge in [0.2, 0.25) is 5.88 Å². The second kappa shape index (κ2) is 13.2. The van der Waals surface area contributed by atoms with E-state index in [9.17, 15) is 9.50 Å². The van der Waals surface area contributed by atoms with Crippen LogP contribution in [0.4, 0.5) is 4.39 Å². The molecule has 1 heterocycles. The minimum absolute atomic E-state index is 0.268. The van der Waals surface area contributed by atoms with E-state index in [-0.39, 0.29) is 5.82 Å². The first-order chi connectivity index (χ1) is 18.5. The lowest BCUT2D eigenvalue weighted by molar-refractivity contribution is 0.0952. The average Bonchev–Trinajstić information content (AvgIpc) is 3.24. The molecule has 0 amide bonds. The van der Waals surface area contributed by atoms with Crippen molar-refractivity contribution in [2.24, 2.45) is 0 Å². The van der Waals surface area contributed by atoms with Crippen molar-refractivity contribution in [1.82, 2.24) is 14.7 Å². The molecule has 4 rings (SSSR count). The fourth-order valence-electron chi connectivity index (χ4n) is 4.46. The summed E-state index contributed by atoms with van der Waals surface area (Å²) >= 11 is 0. The Balaban J connectivity index is 1.72. The number of hydrogen-bond acceptors (Lipinski definition) is 5. The Morgan fingerprint density at radius 2 is 1.63 bits per heavy atom. The summed E-state index contributed by atoms with van der Waals surface area (Å²) in [5.41, 5.74) is 3.57. The number of para-hydroxylation sites is 3. The maximum Gasteiger partial charge on any atom is 0.227 e. The van der Waals surface area contributed by atoms with Gasteiger partial charge in [0.15, 0.2) is 11.5 Å². The summed E-state index contributed by atoms with van der Waals surface area (Å²) < 4.78 is 27.4. The third-order valence-corrected chi connectivity index (χ3v) is 6.47. The van der Waals surface area contributed by atoms with Gasteiger partial charge in [-0.1, -0.05) is 62.2 Å². The molecule has 0 unspecified atom stereocenters. The SMILES string of the molecule is CCCC[C@@H](O)CN(Cc1ccc(F)cc1)Cc1c(C)nn(-c2ccccc2)c1Oc1ccccc1OC. The molecule has 200 valence electrons. The fraction of sp³-hybridized carbons (Fsp3) is 0.323. The maximum atomic E-state index is 13.6. The Labute approximate surface area is 224 Å². The number of methoxy groups -OCH3 is 1. The summed E-state index contributed by atoms with van der Waals surface area (Å²) in [5, 5.41) is 15.7. The number of hydrogen-bond donors (Lipinski definition) is 1. The predicted molar refractivity (Wildman–Crippen MR) is 147 cm³/mol. The highest BCUT2D eigenvalue weighted by Crippen LogP contribution is 2.36. The van der Waals surface area contributed by atoms with Crippen LogP contribution in [0.5, 0.6) is 17.4 Å². The van der Waals surface area contributed by atoms with Gasteiger partial charge in [-0.15, -0.1) is 0 Å². The van der Waals surface area contributed by atoms with E-state index in [1.165, 1.54) is 12.1 Å². The van der Waals surface area contributed by atoms with E-state index in [2.05, 4.69) is 11.8 Å². The first kappa shape index (κ1) is 27.4. The molecule has 1 N–H and O–H groups in total. The van der Waals surface area contributed by atoms with Crippen LogP contribution in [0.2, 0.25) is 0 Å². The molecule has 38 heavy (non-hydrogen) atoms. The molecule has 0 aliphatic rings. The lowest BCUT2D eigenvalue weighted by Gasteiger charge is -2.26. The molecule has 4 aromatic rings. The quantitative estimate of drug-likeness (QED) is 0.215. The molecule has 0 aliphatic heterocycles. The van der Waals surface area contributed by atoms with Crippen LogP contribution in [0.25, 0.3) is 5.69 Å². The molecular formula is C31H36FN3O3. The largest absolute Gasteiger partial charge is 0.493 e. The van der Waals surface area contributed by atoms with Gasteiger partial charge in [-0.2, -0.15) is 5.10 Å². The van der Waals surface area contributed by atoms with E-state index in [1.807, 2.05) is 61.5 Å². The molecule has 0 bridgehead atoms. The van der Waals surface area contributed by atoms with Gasteiger partial charge in [0.25, 0.3) is 0 Å². The Hall–Kier alpha value is -3.68. The van der Waals surface area contributed by atoms with Gasteiger partial charge in [-0.25, -0.2) is 9.07 Å². The molecule has 0 radical (unpaired) electrons. The number of ether oxygens (including phenoxy) is 2. The van der Waals surface area contributed by atoms with Gasteiger partial charge in [0.1, 0.15) is 5.82 Å². The van der Waals surface area contributed by atoms with E-state index < -0.39 is 6.10 Å². The van der Waals surface area contributed by atoms with Crippen molar-refractivity contribution in [2.75, 3.05) is 13.7 Å². The first-order valence-electron chi connectivity index (χ1n) is 13.1. The number of unbranched alkanes of at least 4 members (excludes halogenated alkanes) is 1. The predicted octanol–water partition coefficient (Wildman–Crippen LogP) is 6.67. The highest BCUT2D eigenvalue weighted by atomic mass is 19.1.